The Morgan fingerprint density at radius 2 is 1.67 bits per heavy atom. The Morgan fingerprint density at radius 1 is 1.11 bits per heavy atom. The first-order valence-electron chi connectivity index (χ1n) is 6.74. The molecule has 0 spiro atoms. The summed E-state index contributed by atoms with van der Waals surface area (Å²) in [5.41, 5.74) is 2.91. The third kappa shape index (κ3) is 4.11. The number of benzene rings is 1. The second-order valence-corrected chi connectivity index (χ2v) is 6.22. The second kappa shape index (κ2) is 6.35. The molecule has 0 heterocycles. The average Bonchev–Trinajstić information content (AvgIpc) is 2.28. The summed E-state index contributed by atoms with van der Waals surface area (Å²) in [6.07, 6.45) is 1.85. The van der Waals surface area contributed by atoms with Crippen molar-refractivity contribution in [2.45, 2.75) is 45.1 Å². The van der Waals surface area contributed by atoms with Crippen molar-refractivity contribution in [3.05, 3.63) is 35.4 Å². The lowest BCUT2D eigenvalue weighted by atomic mass is 9.86. The number of nitrogens with zero attached hydrogens (tertiary/aromatic N) is 1. The van der Waals surface area contributed by atoms with E-state index in [4.69, 9.17) is 5.11 Å². The van der Waals surface area contributed by atoms with Crippen LogP contribution in [0.5, 0.6) is 0 Å². The maximum Gasteiger partial charge on any atom is 0.0431 e. The van der Waals surface area contributed by atoms with Gasteiger partial charge in [-0.25, -0.2) is 0 Å². The summed E-state index contributed by atoms with van der Waals surface area (Å²) in [5.74, 6) is 0. The van der Waals surface area contributed by atoms with Gasteiger partial charge in [0.2, 0.25) is 0 Å². The van der Waals surface area contributed by atoms with Gasteiger partial charge in [0.25, 0.3) is 0 Å². The van der Waals surface area contributed by atoms with Crippen LogP contribution < -0.4 is 0 Å². The third-order valence-corrected chi connectivity index (χ3v) is 3.42. The van der Waals surface area contributed by atoms with Gasteiger partial charge in [0.15, 0.2) is 0 Å². The Bertz CT molecular complexity index is 348. The second-order valence-electron chi connectivity index (χ2n) is 6.22. The molecule has 2 heteroatoms. The van der Waals surface area contributed by atoms with E-state index in [1.54, 1.807) is 0 Å². The van der Waals surface area contributed by atoms with Gasteiger partial charge >= 0.3 is 0 Å². The summed E-state index contributed by atoms with van der Waals surface area (Å²) >= 11 is 0. The van der Waals surface area contributed by atoms with Crippen molar-refractivity contribution in [3.63, 3.8) is 0 Å². The first kappa shape index (κ1) is 15.2. The van der Waals surface area contributed by atoms with E-state index in [9.17, 15) is 0 Å². The molecule has 18 heavy (non-hydrogen) atoms. The van der Waals surface area contributed by atoms with Gasteiger partial charge in [0, 0.05) is 12.6 Å². The molecule has 1 aromatic carbocycles. The molecule has 1 rings (SSSR count). The van der Waals surface area contributed by atoms with Gasteiger partial charge in [-0.2, -0.15) is 0 Å². The van der Waals surface area contributed by atoms with Gasteiger partial charge in [-0.1, -0.05) is 45.0 Å². The highest BCUT2D eigenvalue weighted by atomic mass is 16.2. The Kier molecular flexibility index (Phi) is 5.36. The van der Waals surface area contributed by atoms with Gasteiger partial charge < -0.3 is 10.0 Å². The fourth-order valence-electron chi connectivity index (χ4n) is 2.21. The Labute approximate surface area is 112 Å². The molecule has 2 nitrogen and oxygen atoms in total. The van der Waals surface area contributed by atoms with Crippen molar-refractivity contribution in [1.82, 2.24) is 4.90 Å². The zero-order valence-electron chi connectivity index (χ0n) is 12.4. The molecule has 1 unspecified atom stereocenters. The quantitative estimate of drug-likeness (QED) is 0.865. The molecule has 0 aliphatic rings. The van der Waals surface area contributed by atoms with Crippen LogP contribution in [0.3, 0.4) is 0 Å². The number of aliphatic hydroxyl groups is 1. The minimum atomic E-state index is 0.206. The number of hydrogen-bond donors (Lipinski definition) is 1. The minimum absolute atomic E-state index is 0.206. The van der Waals surface area contributed by atoms with Crippen molar-refractivity contribution >= 4 is 0 Å². The SMILES string of the molecule is CN(C)C(CCCO)c1ccc(C(C)(C)C)cc1. The van der Waals surface area contributed by atoms with E-state index in [-0.39, 0.29) is 12.0 Å². The molecule has 0 saturated carbocycles. The van der Waals surface area contributed by atoms with Gasteiger partial charge in [-0.3, -0.25) is 0 Å². The zero-order valence-corrected chi connectivity index (χ0v) is 12.4. The third-order valence-electron chi connectivity index (χ3n) is 3.42. The Balaban J connectivity index is 2.87. The van der Waals surface area contributed by atoms with E-state index in [0.717, 1.165) is 12.8 Å². The lowest BCUT2D eigenvalue weighted by Crippen LogP contribution is -2.20. The molecule has 0 fully saturated rings. The fraction of sp³-hybridized carbons (Fsp3) is 0.625. The zero-order chi connectivity index (χ0) is 13.8. The van der Waals surface area contributed by atoms with Crippen LogP contribution >= 0.6 is 0 Å². The number of hydrogen-bond acceptors (Lipinski definition) is 2. The topological polar surface area (TPSA) is 23.5 Å². The van der Waals surface area contributed by atoms with Gasteiger partial charge in [0.1, 0.15) is 0 Å². The summed E-state index contributed by atoms with van der Waals surface area (Å²) in [6, 6.07) is 9.30. The summed E-state index contributed by atoms with van der Waals surface area (Å²) in [6.45, 7) is 6.97. The molecule has 0 bridgehead atoms. The van der Waals surface area contributed by atoms with Crippen LogP contribution in [0.1, 0.15) is 50.8 Å². The van der Waals surface area contributed by atoms with E-state index in [1.807, 2.05) is 0 Å². The fourth-order valence-corrected chi connectivity index (χ4v) is 2.21. The maximum absolute atomic E-state index is 8.98. The van der Waals surface area contributed by atoms with Crippen molar-refractivity contribution in [3.8, 4) is 0 Å². The Morgan fingerprint density at radius 3 is 2.06 bits per heavy atom. The van der Waals surface area contributed by atoms with E-state index in [2.05, 4.69) is 64.0 Å². The molecule has 1 atom stereocenters. The molecule has 1 N–H and O–H groups in total. The van der Waals surface area contributed by atoms with E-state index in [1.165, 1.54) is 11.1 Å². The van der Waals surface area contributed by atoms with Gasteiger partial charge in [0.05, 0.1) is 0 Å². The van der Waals surface area contributed by atoms with Crippen LogP contribution in [0, 0.1) is 0 Å². The lowest BCUT2D eigenvalue weighted by Gasteiger charge is -2.26. The van der Waals surface area contributed by atoms with Crippen LogP contribution in [-0.4, -0.2) is 30.7 Å². The number of rotatable bonds is 5. The highest BCUT2D eigenvalue weighted by Crippen LogP contribution is 2.27. The molecule has 0 amide bonds. The highest BCUT2D eigenvalue weighted by molar-refractivity contribution is 5.29. The average molecular weight is 249 g/mol. The summed E-state index contributed by atoms with van der Waals surface area (Å²) in [5, 5.41) is 8.98. The highest BCUT2D eigenvalue weighted by Gasteiger charge is 2.16. The van der Waals surface area contributed by atoms with E-state index >= 15 is 0 Å². The predicted molar refractivity (Wildman–Crippen MR) is 77.9 cm³/mol. The first-order chi connectivity index (χ1) is 8.36. The summed E-state index contributed by atoms with van der Waals surface area (Å²) in [4.78, 5) is 2.22. The molecule has 0 aromatic heterocycles. The van der Waals surface area contributed by atoms with Crippen LogP contribution in [0.2, 0.25) is 0 Å². The van der Waals surface area contributed by atoms with Crippen LogP contribution in [0.15, 0.2) is 24.3 Å². The first-order valence-corrected chi connectivity index (χ1v) is 6.74. The lowest BCUT2D eigenvalue weighted by molar-refractivity contribution is 0.235. The van der Waals surface area contributed by atoms with E-state index < -0.39 is 0 Å². The van der Waals surface area contributed by atoms with Crippen molar-refractivity contribution in [2.75, 3.05) is 20.7 Å². The Hall–Kier alpha value is -0.860. The van der Waals surface area contributed by atoms with Crippen molar-refractivity contribution in [2.24, 2.45) is 0 Å². The molecule has 1 aromatic rings. The summed E-state index contributed by atoms with van der Waals surface area (Å²) < 4.78 is 0. The molecule has 0 aliphatic heterocycles. The predicted octanol–water partition coefficient (Wildman–Crippen LogP) is 3.36. The molecule has 0 saturated heterocycles. The van der Waals surface area contributed by atoms with E-state index in [0.29, 0.717) is 6.04 Å². The standard InChI is InChI=1S/C16H27NO/c1-16(2,3)14-10-8-13(9-11-14)15(17(4)5)7-6-12-18/h8-11,15,18H,6-7,12H2,1-5H3. The minimum Gasteiger partial charge on any atom is -0.396 e. The van der Waals surface area contributed by atoms with Crippen LogP contribution in [0.4, 0.5) is 0 Å². The number of aliphatic hydroxyl groups excluding tert-OH is 1. The van der Waals surface area contributed by atoms with Crippen molar-refractivity contribution < 1.29 is 5.11 Å². The normalized spacial score (nSPS) is 13.9. The largest absolute Gasteiger partial charge is 0.396 e. The molecular formula is C16H27NO. The molecule has 0 radical (unpaired) electrons. The molecular weight excluding hydrogens is 222 g/mol. The molecule has 102 valence electrons. The van der Waals surface area contributed by atoms with Gasteiger partial charge in [-0.05, 0) is 43.5 Å². The maximum atomic E-state index is 8.98. The smallest absolute Gasteiger partial charge is 0.0431 e. The van der Waals surface area contributed by atoms with Crippen molar-refractivity contribution in [1.29, 1.82) is 0 Å². The summed E-state index contributed by atoms with van der Waals surface area (Å²) in [7, 11) is 4.19. The van der Waals surface area contributed by atoms with Crippen LogP contribution in [-0.2, 0) is 5.41 Å². The monoisotopic (exact) mass is 249 g/mol. The van der Waals surface area contributed by atoms with Crippen LogP contribution in [0.25, 0.3) is 0 Å². The van der Waals surface area contributed by atoms with Gasteiger partial charge in [-0.15, -0.1) is 0 Å². The molecule has 0 aliphatic carbocycles.